The van der Waals surface area contributed by atoms with Gasteiger partial charge < -0.3 is 42.3 Å². The Morgan fingerprint density at radius 2 is 1.00 bits per heavy atom. The lowest BCUT2D eigenvalue weighted by Crippen LogP contribution is -2.62. The summed E-state index contributed by atoms with van der Waals surface area (Å²) in [5, 5.41) is 0.542. The summed E-state index contributed by atoms with van der Waals surface area (Å²) < 4.78 is 58.7. The third kappa shape index (κ3) is 11.8. The van der Waals surface area contributed by atoms with Crippen LogP contribution < -0.4 is 19.8 Å². The van der Waals surface area contributed by atoms with Gasteiger partial charge in [0, 0.05) is 6.07 Å². The molecule has 0 N–H and O–H groups in total. The molecule has 0 saturated carbocycles. The van der Waals surface area contributed by atoms with E-state index in [0.717, 1.165) is 27.8 Å². The van der Waals surface area contributed by atoms with Crippen LogP contribution in [0.1, 0.15) is 41.7 Å². The number of ether oxygens (including phenoxy) is 8. The Morgan fingerprint density at radius 1 is 0.524 bits per heavy atom. The highest BCUT2D eigenvalue weighted by molar-refractivity contribution is 5.86. The standard InChI is InChI=1S/C53H52O10/c1-37(2)60-50-47(56-32-39-20-10-4-11-21-39)44-29-28-43(30-45(44)62-52(50)54)61-53-51(59-35-42-26-16-7-17-27-42)49(58-34-41-24-14-6-15-25-41)48(57-33-40-22-12-5-13-23-40)46(63-53)36-55-31-38-18-8-3-9-19-38/h3-30,37,46,48-49,51,53H,31-36H2,1-2H3/t46-,48-,49+,51-,53-/m1/s1. The Balaban J connectivity index is 1.15. The Kier molecular flexibility index (Phi) is 14.9. The smallest absolute Gasteiger partial charge is 0.383 e. The second kappa shape index (κ2) is 21.7. The van der Waals surface area contributed by atoms with Crippen molar-refractivity contribution in [2.45, 2.75) is 83.7 Å². The van der Waals surface area contributed by atoms with Crippen LogP contribution in [-0.2, 0) is 56.7 Å². The SMILES string of the molecule is CC(C)Oc1c(OCc2ccccc2)c2ccc(O[C@@H]3O[C@H](COCc4ccccc4)[C@@H](OCc4ccccc4)[C@H](OCc4ccccc4)[C@H]3OCc3ccccc3)cc2oc1=O. The van der Waals surface area contributed by atoms with Crippen molar-refractivity contribution in [2.75, 3.05) is 6.61 Å². The van der Waals surface area contributed by atoms with Crippen molar-refractivity contribution >= 4 is 11.0 Å². The first-order valence-corrected chi connectivity index (χ1v) is 21.3. The van der Waals surface area contributed by atoms with Crippen LogP contribution in [0, 0.1) is 0 Å². The summed E-state index contributed by atoms with van der Waals surface area (Å²) in [6, 6.07) is 54.8. The molecule has 0 bridgehead atoms. The fourth-order valence-corrected chi connectivity index (χ4v) is 7.40. The first kappa shape index (κ1) is 43.4. The van der Waals surface area contributed by atoms with E-state index in [1.165, 1.54) is 0 Å². The largest absolute Gasteiger partial charge is 0.484 e. The monoisotopic (exact) mass is 848 g/mol. The molecule has 324 valence electrons. The minimum Gasteiger partial charge on any atom is -0.484 e. The Hall–Kier alpha value is -6.27. The van der Waals surface area contributed by atoms with Crippen molar-refractivity contribution in [1.82, 2.24) is 0 Å². The third-order valence-electron chi connectivity index (χ3n) is 10.5. The van der Waals surface area contributed by atoms with Crippen LogP contribution in [0.25, 0.3) is 11.0 Å². The summed E-state index contributed by atoms with van der Waals surface area (Å²) in [5.74, 6) is 0.655. The number of benzene rings is 6. The van der Waals surface area contributed by atoms with E-state index in [1.807, 2.05) is 166 Å². The van der Waals surface area contributed by atoms with E-state index in [9.17, 15) is 4.79 Å². The van der Waals surface area contributed by atoms with Crippen molar-refractivity contribution in [1.29, 1.82) is 0 Å². The van der Waals surface area contributed by atoms with Gasteiger partial charge in [0.15, 0.2) is 5.75 Å². The molecule has 0 spiro atoms. The molecule has 6 aromatic carbocycles. The average molecular weight is 849 g/mol. The molecule has 5 atom stereocenters. The molecule has 1 fully saturated rings. The second-order valence-electron chi connectivity index (χ2n) is 15.6. The normalized spacial score (nSPS) is 18.6. The number of hydrogen-bond acceptors (Lipinski definition) is 10. The fraction of sp³-hybridized carbons (Fsp3) is 0.264. The van der Waals surface area contributed by atoms with Crippen LogP contribution >= 0.6 is 0 Å². The zero-order chi connectivity index (χ0) is 43.2. The molecule has 0 amide bonds. The van der Waals surface area contributed by atoms with Crippen LogP contribution in [0.15, 0.2) is 179 Å². The molecule has 1 aromatic heterocycles. The number of hydrogen-bond donors (Lipinski definition) is 0. The van der Waals surface area contributed by atoms with Gasteiger partial charge in [-0.1, -0.05) is 152 Å². The van der Waals surface area contributed by atoms with Crippen molar-refractivity contribution in [3.8, 4) is 17.2 Å². The van der Waals surface area contributed by atoms with Gasteiger partial charge in [-0.25, -0.2) is 4.79 Å². The van der Waals surface area contributed by atoms with Crippen LogP contribution in [-0.4, -0.2) is 43.4 Å². The first-order valence-electron chi connectivity index (χ1n) is 21.3. The van der Waals surface area contributed by atoms with Crippen molar-refractivity contribution < 1.29 is 42.3 Å². The highest BCUT2D eigenvalue weighted by atomic mass is 16.7. The van der Waals surface area contributed by atoms with Gasteiger partial charge in [-0.3, -0.25) is 0 Å². The number of rotatable bonds is 20. The van der Waals surface area contributed by atoms with E-state index in [4.69, 9.17) is 42.3 Å². The van der Waals surface area contributed by atoms with E-state index in [2.05, 4.69) is 0 Å². The minimum absolute atomic E-state index is 0.00499. The lowest BCUT2D eigenvalue weighted by molar-refractivity contribution is -0.310. The first-order chi connectivity index (χ1) is 31.0. The summed E-state index contributed by atoms with van der Waals surface area (Å²) in [4.78, 5) is 13.6. The summed E-state index contributed by atoms with van der Waals surface area (Å²) >= 11 is 0. The molecular weight excluding hydrogens is 797 g/mol. The van der Waals surface area contributed by atoms with Crippen molar-refractivity contribution in [3.05, 3.63) is 208 Å². The molecule has 2 heterocycles. The van der Waals surface area contributed by atoms with Crippen molar-refractivity contribution in [3.63, 3.8) is 0 Å². The molecule has 10 nitrogen and oxygen atoms in total. The summed E-state index contributed by atoms with van der Waals surface area (Å²) in [7, 11) is 0. The molecule has 0 unspecified atom stereocenters. The molecule has 1 aliphatic heterocycles. The van der Waals surface area contributed by atoms with Crippen LogP contribution in [0.3, 0.4) is 0 Å². The topological polar surface area (TPSA) is 104 Å². The molecular formula is C53H52O10. The van der Waals surface area contributed by atoms with Gasteiger partial charge in [-0.2, -0.15) is 0 Å². The van der Waals surface area contributed by atoms with Crippen LogP contribution in [0.2, 0.25) is 0 Å². The van der Waals surface area contributed by atoms with E-state index in [-0.39, 0.29) is 49.6 Å². The van der Waals surface area contributed by atoms with E-state index < -0.39 is 36.3 Å². The summed E-state index contributed by atoms with van der Waals surface area (Å²) in [5.41, 5.74) is 4.48. The van der Waals surface area contributed by atoms with Crippen LogP contribution in [0.5, 0.6) is 17.2 Å². The zero-order valence-corrected chi connectivity index (χ0v) is 35.5. The Bertz CT molecular complexity index is 2500. The lowest BCUT2D eigenvalue weighted by atomic mass is 9.97. The maximum absolute atomic E-state index is 13.6. The predicted molar refractivity (Wildman–Crippen MR) is 239 cm³/mol. The Labute approximate surface area is 367 Å². The fourth-order valence-electron chi connectivity index (χ4n) is 7.40. The highest BCUT2D eigenvalue weighted by Crippen LogP contribution is 2.38. The summed E-state index contributed by atoms with van der Waals surface area (Å²) in [6.45, 7) is 5.25. The van der Waals surface area contributed by atoms with Gasteiger partial charge in [0.2, 0.25) is 12.0 Å². The number of fused-ring (bicyclic) bond motifs is 1. The molecule has 1 aliphatic rings. The Morgan fingerprint density at radius 3 is 1.52 bits per heavy atom. The maximum atomic E-state index is 13.6. The molecule has 7 aromatic rings. The third-order valence-corrected chi connectivity index (χ3v) is 10.5. The van der Waals surface area contributed by atoms with Crippen LogP contribution in [0.4, 0.5) is 0 Å². The average Bonchev–Trinajstić information content (AvgIpc) is 3.31. The maximum Gasteiger partial charge on any atom is 0.383 e. The van der Waals surface area contributed by atoms with E-state index >= 15 is 0 Å². The highest BCUT2D eigenvalue weighted by Gasteiger charge is 2.50. The summed E-state index contributed by atoms with van der Waals surface area (Å²) in [6.07, 6.45) is -4.15. The van der Waals surface area contributed by atoms with Gasteiger partial charge in [0.05, 0.1) is 44.5 Å². The zero-order valence-electron chi connectivity index (χ0n) is 35.5. The predicted octanol–water partition coefficient (Wildman–Crippen LogP) is 10.2. The van der Waals surface area contributed by atoms with E-state index in [1.54, 1.807) is 18.2 Å². The molecule has 8 rings (SSSR count). The molecule has 0 aliphatic carbocycles. The van der Waals surface area contributed by atoms with Gasteiger partial charge in [-0.05, 0) is 53.8 Å². The molecule has 0 radical (unpaired) electrons. The van der Waals surface area contributed by atoms with Crippen molar-refractivity contribution in [2.24, 2.45) is 0 Å². The van der Waals surface area contributed by atoms with Gasteiger partial charge >= 0.3 is 5.63 Å². The van der Waals surface area contributed by atoms with Gasteiger partial charge in [-0.15, -0.1) is 0 Å². The van der Waals surface area contributed by atoms with Gasteiger partial charge in [0.25, 0.3) is 0 Å². The molecule has 1 saturated heterocycles. The second-order valence-corrected chi connectivity index (χ2v) is 15.6. The van der Waals surface area contributed by atoms with E-state index in [0.29, 0.717) is 24.3 Å². The lowest BCUT2D eigenvalue weighted by Gasteiger charge is -2.45. The minimum atomic E-state index is -1.03. The van der Waals surface area contributed by atoms with Gasteiger partial charge in [0.1, 0.15) is 42.4 Å². The molecule has 10 heteroatoms. The quantitative estimate of drug-likeness (QED) is 0.0689. The molecule has 63 heavy (non-hydrogen) atoms.